The van der Waals surface area contributed by atoms with E-state index in [9.17, 15) is 4.79 Å². The van der Waals surface area contributed by atoms with Crippen molar-refractivity contribution in [3.8, 4) is 0 Å². The second-order valence-corrected chi connectivity index (χ2v) is 8.05. The minimum atomic E-state index is -0.0251. The van der Waals surface area contributed by atoms with Gasteiger partial charge >= 0.3 is 6.03 Å². The summed E-state index contributed by atoms with van der Waals surface area (Å²) in [6, 6.07) is 12.2. The summed E-state index contributed by atoms with van der Waals surface area (Å²) in [5, 5.41) is 2.99. The predicted molar refractivity (Wildman–Crippen MR) is 102 cm³/mol. The van der Waals surface area contributed by atoms with Crippen molar-refractivity contribution in [3.05, 3.63) is 48.4 Å². The average Bonchev–Trinajstić information content (AvgIpc) is 3.15. The van der Waals surface area contributed by atoms with Crippen LogP contribution < -0.4 is 5.32 Å². The highest BCUT2D eigenvalue weighted by atomic mass is 32.2. The highest BCUT2D eigenvalue weighted by Gasteiger charge is 2.22. The Hall–Kier alpha value is -1.53. The third kappa shape index (κ3) is 4.74. The number of urea groups is 1. The van der Waals surface area contributed by atoms with Crippen molar-refractivity contribution in [2.75, 3.05) is 23.9 Å². The van der Waals surface area contributed by atoms with E-state index in [2.05, 4.69) is 5.32 Å². The number of carbonyl (C=O) groups excluding carboxylic acids is 1. The Balaban J connectivity index is 1.50. The molecular weight excluding hydrogens is 340 g/mol. The second kappa shape index (κ2) is 8.53. The van der Waals surface area contributed by atoms with E-state index in [4.69, 9.17) is 4.42 Å². The van der Waals surface area contributed by atoms with Crippen LogP contribution in [0.3, 0.4) is 0 Å². The molecule has 128 valence electrons. The van der Waals surface area contributed by atoms with E-state index in [-0.39, 0.29) is 6.03 Å². The first-order chi connectivity index (χ1) is 11.7. The van der Waals surface area contributed by atoms with Crippen LogP contribution in [0.4, 0.5) is 10.5 Å². The molecule has 0 radical (unpaired) electrons. The lowest BCUT2D eigenvalue weighted by Crippen LogP contribution is -2.41. The molecule has 1 aromatic heterocycles. The van der Waals surface area contributed by atoms with Gasteiger partial charge in [-0.25, -0.2) is 4.79 Å². The molecule has 0 aliphatic carbocycles. The number of amides is 2. The lowest BCUT2D eigenvalue weighted by atomic mass is 10.1. The molecule has 1 N–H and O–H groups in total. The molecule has 1 aliphatic heterocycles. The quantitative estimate of drug-likeness (QED) is 0.766. The molecule has 1 saturated heterocycles. The molecular formula is C18H22N2O2S2. The number of furan rings is 1. The van der Waals surface area contributed by atoms with Crippen molar-refractivity contribution >= 4 is 35.2 Å². The van der Waals surface area contributed by atoms with Crippen LogP contribution in [0.2, 0.25) is 0 Å². The molecule has 0 bridgehead atoms. The molecule has 1 aliphatic rings. The first-order valence-electron chi connectivity index (χ1n) is 8.09. The number of nitrogens with zero attached hydrogens (tertiary/aromatic N) is 1. The van der Waals surface area contributed by atoms with Crippen LogP contribution in [0, 0.1) is 0 Å². The summed E-state index contributed by atoms with van der Waals surface area (Å²) in [5.41, 5.74) is 0.833. The largest absolute Gasteiger partial charge is 0.468 e. The van der Waals surface area contributed by atoms with Gasteiger partial charge in [-0.15, -0.1) is 11.8 Å². The summed E-state index contributed by atoms with van der Waals surface area (Å²) in [6.45, 7) is 0. The van der Waals surface area contributed by atoms with Gasteiger partial charge in [0.05, 0.1) is 12.0 Å². The monoisotopic (exact) mass is 362 g/mol. The van der Waals surface area contributed by atoms with Gasteiger partial charge in [-0.3, -0.25) is 0 Å². The Morgan fingerprint density at radius 2 is 2.04 bits per heavy atom. The van der Waals surface area contributed by atoms with Crippen LogP contribution in [0.25, 0.3) is 0 Å². The summed E-state index contributed by atoms with van der Waals surface area (Å²) in [4.78, 5) is 15.4. The number of rotatable bonds is 5. The highest BCUT2D eigenvalue weighted by molar-refractivity contribution is 7.99. The van der Waals surface area contributed by atoms with E-state index < -0.39 is 0 Å². The molecule has 24 heavy (non-hydrogen) atoms. The Morgan fingerprint density at radius 1 is 1.29 bits per heavy atom. The van der Waals surface area contributed by atoms with Crippen LogP contribution in [-0.2, 0) is 5.75 Å². The van der Waals surface area contributed by atoms with Crippen molar-refractivity contribution in [2.45, 2.75) is 29.5 Å². The second-order valence-electron chi connectivity index (χ2n) is 5.78. The fraction of sp³-hybridized carbons (Fsp3) is 0.389. The number of nitrogens with one attached hydrogen (secondary N) is 1. The summed E-state index contributed by atoms with van der Waals surface area (Å²) in [7, 11) is 1.89. The smallest absolute Gasteiger partial charge is 0.321 e. The van der Waals surface area contributed by atoms with Crippen molar-refractivity contribution < 1.29 is 9.21 Å². The number of hydrogen-bond donors (Lipinski definition) is 1. The van der Waals surface area contributed by atoms with E-state index >= 15 is 0 Å². The minimum Gasteiger partial charge on any atom is -0.468 e. The van der Waals surface area contributed by atoms with Gasteiger partial charge in [-0.2, -0.15) is 11.8 Å². The van der Waals surface area contributed by atoms with Crippen LogP contribution >= 0.6 is 23.5 Å². The number of benzene rings is 1. The lowest BCUT2D eigenvalue weighted by Gasteiger charge is -2.31. The molecule has 1 fully saturated rings. The van der Waals surface area contributed by atoms with E-state index in [1.165, 1.54) is 0 Å². The number of carbonyl (C=O) groups is 1. The van der Waals surface area contributed by atoms with Crippen molar-refractivity contribution in [3.63, 3.8) is 0 Å². The third-order valence-corrected chi connectivity index (χ3v) is 6.21. The molecule has 6 heteroatoms. The van der Waals surface area contributed by atoms with Gasteiger partial charge < -0.3 is 14.6 Å². The SMILES string of the molecule is CN(C(=O)Nc1ccc(SCc2ccco2)cc1)C1CCSCC1. The van der Waals surface area contributed by atoms with E-state index in [0.717, 1.165) is 46.4 Å². The van der Waals surface area contributed by atoms with Gasteiger partial charge in [-0.05, 0) is 60.7 Å². The van der Waals surface area contributed by atoms with Crippen LogP contribution in [0.5, 0.6) is 0 Å². The number of thioether (sulfide) groups is 2. The van der Waals surface area contributed by atoms with E-state index in [1.807, 2.05) is 60.1 Å². The molecule has 0 spiro atoms. The Morgan fingerprint density at radius 3 is 2.71 bits per heavy atom. The van der Waals surface area contributed by atoms with Crippen LogP contribution in [0.15, 0.2) is 52.0 Å². The van der Waals surface area contributed by atoms with Crippen molar-refractivity contribution in [1.82, 2.24) is 4.90 Å². The zero-order chi connectivity index (χ0) is 16.8. The first kappa shape index (κ1) is 17.3. The maximum absolute atomic E-state index is 12.4. The Bertz CT molecular complexity index is 638. The molecule has 1 aromatic carbocycles. The fourth-order valence-electron chi connectivity index (χ4n) is 2.63. The maximum Gasteiger partial charge on any atom is 0.321 e. The topological polar surface area (TPSA) is 45.5 Å². The van der Waals surface area contributed by atoms with Crippen molar-refractivity contribution in [2.24, 2.45) is 0 Å². The zero-order valence-corrected chi connectivity index (χ0v) is 15.4. The summed E-state index contributed by atoms with van der Waals surface area (Å²) in [5.74, 6) is 4.05. The zero-order valence-electron chi connectivity index (χ0n) is 13.7. The molecule has 2 aromatic rings. The molecule has 0 saturated carbocycles. The molecule has 3 rings (SSSR count). The van der Waals surface area contributed by atoms with Crippen LogP contribution in [-0.4, -0.2) is 35.5 Å². The maximum atomic E-state index is 12.4. The van der Waals surface area contributed by atoms with Gasteiger partial charge in [0.2, 0.25) is 0 Å². The van der Waals surface area contributed by atoms with Gasteiger partial charge in [-0.1, -0.05) is 0 Å². The highest BCUT2D eigenvalue weighted by Crippen LogP contribution is 2.25. The van der Waals surface area contributed by atoms with Gasteiger partial charge in [0.1, 0.15) is 5.76 Å². The Labute approximate surface area is 151 Å². The Kier molecular flexibility index (Phi) is 6.15. The molecule has 4 nitrogen and oxygen atoms in total. The van der Waals surface area contributed by atoms with Gasteiger partial charge in [0.15, 0.2) is 0 Å². The summed E-state index contributed by atoms with van der Waals surface area (Å²) >= 11 is 3.69. The lowest BCUT2D eigenvalue weighted by molar-refractivity contribution is 0.200. The molecule has 2 heterocycles. The first-order valence-corrected chi connectivity index (χ1v) is 10.2. The minimum absolute atomic E-state index is 0.0251. The fourth-order valence-corrected chi connectivity index (χ4v) is 4.52. The third-order valence-electron chi connectivity index (χ3n) is 4.13. The molecule has 0 unspecified atom stereocenters. The standard InChI is InChI=1S/C18H22N2O2S2/c1-20(15-8-11-23-12-9-15)18(21)19-14-4-6-17(7-5-14)24-13-16-3-2-10-22-16/h2-7,10,15H,8-9,11-13H2,1H3,(H,19,21). The van der Waals surface area contributed by atoms with Crippen LogP contribution in [0.1, 0.15) is 18.6 Å². The molecule has 0 atom stereocenters. The average molecular weight is 363 g/mol. The van der Waals surface area contributed by atoms with E-state index in [1.54, 1.807) is 18.0 Å². The molecule has 2 amide bonds. The normalized spacial score (nSPS) is 15.2. The van der Waals surface area contributed by atoms with Gasteiger partial charge in [0, 0.05) is 23.7 Å². The number of hydrogen-bond acceptors (Lipinski definition) is 4. The number of anilines is 1. The summed E-state index contributed by atoms with van der Waals surface area (Å²) < 4.78 is 5.33. The summed E-state index contributed by atoms with van der Waals surface area (Å²) in [6.07, 6.45) is 3.85. The predicted octanol–water partition coefficient (Wildman–Crippen LogP) is 4.93. The van der Waals surface area contributed by atoms with Gasteiger partial charge in [0.25, 0.3) is 0 Å². The van der Waals surface area contributed by atoms with Crippen molar-refractivity contribution in [1.29, 1.82) is 0 Å². The van der Waals surface area contributed by atoms with E-state index in [0.29, 0.717) is 6.04 Å².